The van der Waals surface area contributed by atoms with Gasteiger partial charge in [-0.2, -0.15) is 0 Å². The Balaban J connectivity index is 1.73. The minimum atomic E-state index is -0.541. The van der Waals surface area contributed by atoms with E-state index in [-0.39, 0.29) is 0 Å². The van der Waals surface area contributed by atoms with Crippen molar-refractivity contribution in [2.75, 3.05) is 13.1 Å². The van der Waals surface area contributed by atoms with Crippen molar-refractivity contribution in [1.82, 2.24) is 4.90 Å². The largest absolute Gasteiger partial charge is 0.387 e. The Kier molecular flexibility index (Phi) is 7.45. The fourth-order valence-corrected chi connectivity index (χ4v) is 4.33. The first-order valence-corrected chi connectivity index (χ1v) is 10.3. The minimum Gasteiger partial charge on any atom is -0.387 e. The number of aliphatic hydroxyl groups excluding tert-OH is 2. The summed E-state index contributed by atoms with van der Waals surface area (Å²) in [6, 6.07) is 20.0. The average Bonchev–Trinajstić information content (AvgIpc) is 2.74. The molecule has 0 heterocycles. The number of aliphatic hydroxyl groups is 2. The van der Waals surface area contributed by atoms with Gasteiger partial charge >= 0.3 is 0 Å². The zero-order valence-corrected chi connectivity index (χ0v) is 16.4. The third kappa shape index (κ3) is 5.65. The molecule has 1 aliphatic carbocycles. The molecule has 0 aliphatic heterocycles. The Labute approximate surface area is 163 Å². The molecule has 0 aromatic heterocycles. The van der Waals surface area contributed by atoms with Crippen LogP contribution >= 0.6 is 0 Å². The third-order valence-corrected chi connectivity index (χ3v) is 6.09. The van der Waals surface area contributed by atoms with E-state index in [9.17, 15) is 10.2 Å². The Hall–Kier alpha value is -1.68. The monoisotopic (exact) mass is 367 g/mol. The standard InChI is InChI=1S/C24H33NO2/c1-19(20-11-5-2-6-12-20)25(17-23(26)21-13-7-3-8-14-21)18-24(27)22-15-9-4-10-16-22/h3-4,7-10,13-16,19-20,23-24,26-27H,2,5-6,11-12,17-18H2,1H3/t19-,23-,24-/m1/s1. The quantitative estimate of drug-likeness (QED) is 0.709. The first-order chi connectivity index (χ1) is 13.1. The SMILES string of the molecule is C[C@H](C1CCCCC1)N(C[C@@H](O)c1ccccc1)C[C@@H](O)c1ccccc1. The van der Waals surface area contributed by atoms with Crippen molar-refractivity contribution < 1.29 is 10.2 Å². The summed E-state index contributed by atoms with van der Waals surface area (Å²) < 4.78 is 0. The maximum Gasteiger partial charge on any atom is 0.0917 e. The van der Waals surface area contributed by atoms with Crippen molar-refractivity contribution >= 4 is 0 Å². The van der Waals surface area contributed by atoms with Crippen LogP contribution in [-0.2, 0) is 0 Å². The van der Waals surface area contributed by atoms with Crippen LogP contribution in [0.1, 0.15) is 62.4 Å². The van der Waals surface area contributed by atoms with Gasteiger partial charge in [-0.25, -0.2) is 0 Å². The van der Waals surface area contributed by atoms with Crippen molar-refractivity contribution in [1.29, 1.82) is 0 Å². The molecule has 0 unspecified atom stereocenters. The van der Waals surface area contributed by atoms with Gasteiger partial charge in [-0.1, -0.05) is 79.9 Å². The van der Waals surface area contributed by atoms with Crippen molar-refractivity contribution in [3.63, 3.8) is 0 Å². The van der Waals surface area contributed by atoms with Crippen LogP contribution in [0.15, 0.2) is 60.7 Å². The molecule has 146 valence electrons. The van der Waals surface area contributed by atoms with Gasteiger partial charge in [0.25, 0.3) is 0 Å². The molecule has 3 heteroatoms. The second-order valence-corrected chi connectivity index (χ2v) is 7.95. The molecule has 27 heavy (non-hydrogen) atoms. The summed E-state index contributed by atoms with van der Waals surface area (Å²) in [7, 11) is 0. The van der Waals surface area contributed by atoms with Crippen LogP contribution in [0.5, 0.6) is 0 Å². The summed E-state index contributed by atoms with van der Waals surface area (Å²) in [5.41, 5.74) is 1.88. The van der Waals surface area contributed by atoms with Crippen molar-refractivity contribution in [3.05, 3.63) is 71.8 Å². The van der Waals surface area contributed by atoms with Gasteiger partial charge in [0.15, 0.2) is 0 Å². The minimum absolute atomic E-state index is 0.349. The van der Waals surface area contributed by atoms with Crippen LogP contribution in [0.4, 0.5) is 0 Å². The molecule has 2 N–H and O–H groups in total. The molecule has 3 rings (SSSR count). The van der Waals surface area contributed by atoms with E-state index >= 15 is 0 Å². The Morgan fingerprint density at radius 3 is 1.67 bits per heavy atom. The van der Waals surface area contributed by atoms with Gasteiger partial charge in [0.05, 0.1) is 12.2 Å². The lowest BCUT2D eigenvalue weighted by atomic mass is 9.83. The molecule has 3 nitrogen and oxygen atoms in total. The lowest BCUT2D eigenvalue weighted by Gasteiger charge is -2.38. The van der Waals surface area contributed by atoms with Crippen LogP contribution in [-0.4, -0.2) is 34.2 Å². The predicted molar refractivity (Wildman–Crippen MR) is 110 cm³/mol. The van der Waals surface area contributed by atoms with E-state index in [0.29, 0.717) is 25.0 Å². The maximum absolute atomic E-state index is 10.8. The second kappa shape index (κ2) is 10.0. The molecule has 1 fully saturated rings. The van der Waals surface area contributed by atoms with E-state index in [1.807, 2.05) is 60.7 Å². The highest BCUT2D eigenvalue weighted by Crippen LogP contribution is 2.31. The Morgan fingerprint density at radius 1 is 0.778 bits per heavy atom. The highest BCUT2D eigenvalue weighted by molar-refractivity contribution is 5.19. The summed E-state index contributed by atoms with van der Waals surface area (Å²) in [5, 5.41) is 21.6. The molecule has 1 aliphatic rings. The molecule has 0 saturated heterocycles. The van der Waals surface area contributed by atoms with Gasteiger partial charge in [0.1, 0.15) is 0 Å². The maximum atomic E-state index is 10.8. The first kappa shape index (κ1) is 20.1. The smallest absolute Gasteiger partial charge is 0.0917 e. The van der Waals surface area contributed by atoms with Crippen LogP contribution < -0.4 is 0 Å². The number of hydrogen-bond donors (Lipinski definition) is 2. The van der Waals surface area contributed by atoms with Gasteiger partial charge < -0.3 is 10.2 Å². The summed E-state index contributed by atoms with van der Waals surface area (Å²) in [6.07, 6.45) is 5.35. The van der Waals surface area contributed by atoms with Crippen LogP contribution in [0.3, 0.4) is 0 Å². The van der Waals surface area contributed by atoms with E-state index in [2.05, 4.69) is 11.8 Å². The molecule has 3 atom stereocenters. The van der Waals surface area contributed by atoms with E-state index < -0.39 is 12.2 Å². The molecule has 0 spiro atoms. The van der Waals surface area contributed by atoms with Crippen molar-refractivity contribution in [2.24, 2.45) is 5.92 Å². The van der Waals surface area contributed by atoms with Gasteiger partial charge in [-0.15, -0.1) is 0 Å². The first-order valence-electron chi connectivity index (χ1n) is 10.3. The molecule has 0 amide bonds. The molecular formula is C24H33NO2. The summed E-state index contributed by atoms with van der Waals surface area (Å²) >= 11 is 0. The van der Waals surface area contributed by atoms with Gasteiger partial charge in [-0.3, -0.25) is 4.90 Å². The molecule has 1 saturated carbocycles. The number of nitrogens with zero attached hydrogens (tertiary/aromatic N) is 1. The summed E-state index contributed by atoms with van der Waals surface area (Å²) in [4.78, 5) is 2.30. The van der Waals surface area contributed by atoms with Crippen LogP contribution in [0, 0.1) is 5.92 Å². The molecule has 0 radical (unpaired) electrons. The molecule has 2 aromatic carbocycles. The second-order valence-electron chi connectivity index (χ2n) is 7.95. The zero-order chi connectivity index (χ0) is 19.1. The van der Waals surface area contributed by atoms with Gasteiger partial charge in [-0.05, 0) is 36.8 Å². The number of rotatable bonds is 8. The van der Waals surface area contributed by atoms with E-state index in [0.717, 1.165) is 11.1 Å². The summed E-state index contributed by atoms with van der Waals surface area (Å²) in [6.45, 7) is 3.36. The average molecular weight is 368 g/mol. The van der Waals surface area contributed by atoms with E-state index in [1.165, 1.54) is 32.1 Å². The molecular weight excluding hydrogens is 334 g/mol. The van der Waals surface area contributed by atoms with E-state index in [1.54, 1.807) is 0 Å². The lowest BCUT2D eigenvalue weighted by molar-refractivity contribution is 0.0261. The highest BCUT2D eigenvalue weighted by atomic mass is 16.3. The zero-order valence-electron chi connectivity index (χ0n) is 16.4. The predicted octanol–water partition coefficient (Wildman–Crippen LogP) is 4.72. The number of benzene rings is 2. The lowest BCUT2D eigenvalue weighted by Crippen LogP contribution is -2.43. The Bertz CT molecular complexity index is 607. The fraction of sp³-hybridized carbons (Fsp3) is 0.500. The highest BCUT2D eigenvalue weighted by Gasteiger charge is 2.28. The van der Waals surface area contributed by atoms with Gasteiger partial charge in [0.2, 0.25) is 0 Å². The van der Waals surface area contributed by atoms with Gasteiger partial charge in [0, 0.05) is 19.1 Å². The summed E-state index contributed by atoms with van der Waals surface area (Å²) in [5.74, 6) is 0.643. The topological polar surface area (TPSA) is 43.7 Å². The van der Waals surface area contributed by atoms with Crippen molar-refractivity contribution in [2.45, 2.75) is 57.3 Å². The van der Waals surface area contributed by atoms with E-state index in [4.69, 9.17) is 0 Å². The number of hydrogen-bond acceptors (Lipinski definition) is 3. The molecule has 0 bridgehead atoms. The van der Waals surface area contributed by atoms with Crippen molar-refractivity contribution in [3.8, 4) is 0 Å². The Morgan fingerprint density at radius 2 is 1.22 bits per heavy atom. The molecule has 2 aromatic rings. The third-order valence-electron chi connectivity index (χ3n) is 6.09. The van der Waals surface area contributed by atoms with Crippen LogP contribution in [0.25, 0.3) is 0 Å². The van der Waals surface area contributed by atoms with Crippen LogP contribution in [0.2, 0.25) is 0 Å². The normalized spacial score (nSPS) is 19.0. The fourth-order valence-electron chi connectivity index (χ4n) is 4.33.